The van der Waals surface area contributed by atoms with Gasteiger partial charge in [0.15, 0.2) is 0 Å². The highest BCUT2D eigenvalue weighted by Crippen LogP contribution is 2.23. The van der Waals surface area contributed by atoms with Gasteiger partial charge in [0.05, 0.1) is 6.61 Å². The zero-order valence-electron chi connectivity index (χ0n) is 11.0. The number of Topliss-reactive ketones (excluding diaryl/α,β-unsaturated/α-hetero) is 1. The monoisotopic (exact) mass is 239 g/mol. The first-order chi connectivity index (χ1) is 8.25. The molecule has 2 aliphatic heterocycles. The van der Waals surface area contributed by atoms with E-state index in [1.54, 1.807) is 6.92 Å². The summed E-state index contributed by atoms with van der Waals surface area (Å²) in [6, 6.07) is 0.496. The largest absolute Gasteiger partial charge is 0.381 e. The summed E-state index contributed by atoms with van der Waals surface area (Å²) in [5.74, 6) is 1.03. The summed E-state index contributed by atoms with van der Waals surface area (Å²) in [4.78, 5) is 13.9. The van der Waals surface area contributed by atoms with Gasteiger partial charge in [0.25, 0.3) is 0 Å². The Kier molecular flexibility index (Phi) is 4.99. The molecule has 0 saturated carbocycles. The standard InChI is InChI=1S/C14H25NO2/c1-12(16)9-14-5-3-2-4-7-15(14)10-13-6-8-17-11-13/h13-14H,2-11H2,1H3. The Labute approximate surface area is 105 Å². The van der Waals surface area contributed by atoms with Crippen molar-refractivity contribution in [2.24, 2.45) is 5.92 Å². The average Bonchev–Trinajstić information content (AvgIpc) is 2.69. The number of nitrogens with zero attached hydrogens (tertiary/aromatic N) is 1. The normalized spacial score (nSPS) is 31.4. The topological polar surface area (TPSA) is 29.5 Å². The van der Waals surface area contributed by atoms with Crippen molar-refractivity contribution in [3.05, 3.63) is 0 Å². The minimum absolute atomic E-state index is 0.338. The fourth-order valence-corrected chi connectivity index (χ4v) is 3.10. The maximum atomic E-state index is 11.4. The molecule has 0 N–H and O–H groups in total. The van der Waals surface area contributed by atoms with Crippen LogP contribution in [0.4, 0.5) is 0 Å². The molecule has 0 aromatic rings. The Morgan fingerprint density at radius 3 is 2.88 bits per heavy atom. The van der Waals surface area contributed by atoms with E-state index >= 15 is 0 Å². The molecule has 2 heterocycles. The fourth-order valence-electron chi connectivity index (χ4n) is 3.10. The lowest BCUT2D eigenvalue weighted by molar-refractivity contribution is -0.118. The van der Waals surface area contributed by atoms with Gasteiger partial charge < -0.3 is 4.74 Å². The van der Waals surface area contributed by atoms with E-state index < -0.39 is 0 Å². The van der Waals surface area contributed by atoms with Crippen LogP contribution in [0.15, 0.2) is 0 Å². The maximum absolute atomic E-state index is 11.4. The molecule has 0 aromatic carbocycles. The number of likely N-dealkylation sites (tertiary alicyclic amines) is 1. The van der Waals surface area contributed by atoms with Gasteiger partial charge in [0.2, 0.25) is 0 Å². The van der Waals surface area contributed by atoms with Crippen molar-refractivity contribution in [1.82, 2.24) is 4.90 Å². The van der Waals surface area contributed by atoms with Gasteiger partial charge in [-0.1, -0.05) is 12.8 Å². The van der Waals surface area contributed by atoms with E-state index in [4.69, 9.17) is 4.74 Å². The molecule has 3 heteroatoms. The number of hydrogen-bond acceptors (Lipinski definition) is 3. The molecule has 2 unspecified atom stereocenters. The van der Waals surface area contributed by atoms with E-state index in [2.05, 4.69) is 4.90 Å². The molecule has 0 aromatic heterocycles. The Hall–Kier alpha value is -0.410. The molecule has 0 bridgehead atoms. The average molecular weight is 239 g/mol. The third kappa shape index (κ3) is 4.07. The highest BCUT2D eigenvalue weighted by molar-refractivity contribution is 5.76. The van der Waals surface area contributed by atoms with Crippen molar-refractivity contribution in [2.75, 3.05) is 26.3 Å². The SMILES string of the molecule is CC(=O)CC1CCCCCN1CC1CCOC1. The predicted octanol–water partition coefficient (Wildman–Crippen LogP) is 2.25. The van der Waals surface area contributed by atoms with Crippen LogP contribution in [0.1, 0.15) is 45.4 Å². The molecule has 0 amide bonds. The van der Waals surface area contributed by atoms with Crippen LogP contribution in [0.2, 0.25) is 0 Å². The maximum Gasteiger partial charge on any atom is 0.131 e. The van der Waals surface area contributed by atoms with Crippen LogP contribution in [0, 0.1) is 5.92 Å². The Bertz CT molecular complexity index is 249. The Morgan fingerprint density at radius 1 is 1.29 bits per heavy atom. The van der Waals surface area contributed by atoms with Gasteiger partial charge in [-0.15, -0.1) is 0 Å². The number of hydrogen-bond donors (Lipinski definition) is 0. The van der Waals surface area contributed by atoms with Crippen molar-refractivity contribution in [3.63, 3.8) is 0 Å². The smallest absolute Gasteiger partial charge is 0.131 e. The van der Waals surface area contributed by atoms with Crippen LogP contribution < -0.4 is 0 Å². The van der Waals surface area contributed by atoms with Gasteiger partial charge in [-0.3, -0.25) is 9.69 Å². The quantitative estimate of drug-likeness (QED) is 0.753. The van der Waals surface area contributed by atoms with E-state index in [9.17, 15) is 4.79 Å². The summed E-state index contributed by atoms with van der Waals surface area (Å²) in [6.07, 6.45) is 7.05. The van der Waals surface area contributed by atoms with Crippen LogP contribution in [0.3, 0.4) is 0 Å². The Morgan fingerprint density at radius 2 is 2.18 bits per heavy atom. The molecule has 2 rings (SSSR count). The molecule has 0 aliphatic carbocycles. The summed E-state index contributed by atoms with van der Waals surface area (Å²) < 4.78 is 5.45. The first kappa shape index (κ1) is 13.0. The molecule has 0 spiro atoms. The Balaban J connectivity index is 1.90. The minimum Gasteiger partial charge on any atom is -0.381 e. The summed E-state index contributed by atoms with van der Waals surface area (Å²) in [7, 11) is 0. The third-order valence-corrected chi connectivity index (χ3v) is 4.04. The van der Waals surface area contributed by atoms with Crippen LogP contribution in [-0.4, -0.2) is 43.0 Å². The highest BCUT2D eigenvalue weighted by Gasteiger charge is 2.26. The van der Waals surface area contributed by atoms with Crippen molar-refractivity contribution in [1.29, 1.82) is 0 Å². The van der Waals surface area contributed by atoms with E-state index in [1.165, 1.54) is 38.6 Å². The molecule has 2 aliphatic rings. The molecule has 2 fully saturated rings. The third-order valence-electron chi connectivity index (χ3n) is 4.04. The van der Waals surface area contributed by atoms with Gasteiger partial charge in [0, 0.05) is 25.6 Å². The number of carbonyl (C=O) groups is 1. The van der Waals surface area contributed by atoms with Crippen molar-refractivity contribution >= 4 is 5.78 Å². The second-order valence-electron chi connectivity index (χ2n) is 5.63. The number of carbonyl (C=O) groups excluding carboxylic acids is 1. The van der Waals surface area contributed by atoms with E-state index in [0.29, 0.717) is 17.7 Å². The van der Waals surface area contributed by atoms with Gasteiger partial charge >= 0.3 is 0 Å². The fraction of sp³-hybridized carbons (Fsp3) is 0.929. The predicted molar refractivity (Wildman–Crippen MR) is 68.1 cm³/mol. The molecule has 0 radical (unpaired) electrons. The van der Waals surface area contributed by atoms with Crippen LogP contribution in [0.5, 0.6) is 0 Å². The van der Waals surface area contributed by atoms with Crippen LogP contribution >= 0.6 is 0 Å². The summed E-state index contributed by atoms with van der Waals surface area (Å²) in [5.41, 5.74) is 0. The summed E-state index contributed by atoms with van der Waals surface area (Å²) in [6.45, 7) is 5.88. The summed E-state index contributed by atoms with van der Waals surface area (Å²) in [5, 5.41) is 0. The van der Waals surface area contributed by atoms with Crippen LogP contribution in [-0.2, 0) is 9.53 Å². The minimum atomic E-state index is 0.338. The first-order valence-electron chi connectivity index (χ1n) is 7.07. The van der Waals surface area contributed by atoms with E-state index in [1.807, 2.05) is 0 Å². The lowest BCUT2D eigenvalue weighted by atomic mass is 10.0. The van der Waals surface area contributed by atoms with Crippen molar-refractivity contribution < 1.29 is 9.53 Å². The van der Waals surface area contributed by atoms with Gasteiger partial charge in [0.1, 0.15) is 5.78 Å². The molecule has 2 saturated heterocycles. The number of ether oxygens (including phenoxy) is 1. The van der Waals surface area contributed by atoms with E-state index in [-0.39, 0.29) is 0 Å². The van der Waals surface area contributed by atoms with Crippen LogP contribution in [0.25, 0.3) is 0 Å². The lowest BCUT2D eigenvalue weighted by Gasteiger charge is -2.31. The molecular weight excluding hydrogens is 214 g/mol. The van der Waals surface area contributed by atoms with Crippen molar-refractivity contribution in [2.45, 2.75) is 51.5 Å². The number of rotatable bonds is 4. The summed E-state index contributed by atoms with van der Waals surface area (Å²) >= 11 is 0. The highest BCUT2D eigenvalue weighted by atomic mass is 16.5. The second kappa shape index (κ2) is 6.50. The molecule has 3 nitrogen and oxygen atoms in total. The molecule has 17 heavy (non-hydrogen) atoms. The zero-order chi connectivity index (χ0) is 12.1. The molecule has 98 valence electrons. The van der Waals surface area contributed by atoms with Gasteiger partial charge in [-0.05, 0) is 38.6 Å². The molecular formula is C14H25NO2. The number of ketones is 1. The van der Waals surface area contributed by atoms with E-state index in [0.717, 1.165) is 26.2 Å². The first-order valence-corrected chi connectivity index (χ1v) is 7.07. The van der Waals surface area contributed by atoms with Gasteiger partial charge in [-0.25, -0.2) is 0 Å². The lowest BCUT2D eigenvalue weighted by Crippen LogP contribution is -2.39. The molecule has 2 atom stereocenters. The zero-order valence-corrected chi connectivity index (χ0v) is 11.0. The van der Waals surface area contributed by atoms with Gasteiger partial charge in [-0.2, -0.15) is 0 Å². The second-order valence-corrected chi connectivity index (χ2v) is 5.63. The van der Waals surface area contributed by atoms with Crippen molar-refractivity contribution in [3.8, 4) is 0 Å².